The highest BCUT2D eigenvalue weighted by Crippen LogP contribution is 2.28. The van der Waals surface area contributed by atoms with Gasteiger partial charge in [-0.3, -0.25) is 0 Å². The molecule has 2 aromatic rings. The molecule has 17 heavy (non-hydrogen) atoms. The lowest BCUT2D eigenvalue weighted by Gasteiger charge is -2.14. The molecule has 5 heteroatoms. The quantitative estimate of drug-likeness (QED) is 0.689. The minimum Gasteiger partial charge on any atom is -0.489 e. The molecule has 0 fully saturated rings. The third-order valence-corrected chi connectivity index (χ3v) is 2.76. The molecule has 0 unspecified atom stereocenters. The van der Waals surface area contributed by atoms with Crippen molar-refractivity contribution in [3.8, 4) is 11.4 Å². The molecule has 1 heterocycles. The van der Waals surface area contributed by atoms with Crippen LogP contribution in [0.15, 0.2) is 30.6 Å². The molecule has 0 aliphatic rings. The minimum absolute atomic E-state index is 0.102. The number of benzene rings is 1. The number of anilines is 1. The van der Waals surface area contributed by atoms with Crippen LogP contribution in [0.4, 0.5) is 5.69 Å². The first-order valence-corrected chi connectivity index (χ1v) is 6.41. The highest BCUT2D eigenvalue weighted by Gasteiger charge is 2.09. The van der Waals surface area contributed by atoms with Crippen LogP contribution in [0, 0.1) is 3.57 Å². The average Bonchev–Trinajstić information content (AvgIpc) is 2.67. The summed E-state index contributed by atoms with van der Waals surface area (Å²) in [4.78, 5) is 0. The monoisotopic (exact) mass is 343 g/mol. The van der Waals surface area contributed by atoms with Crippen LogP contribution >= 0.6 is 22.6 Å². The molecule has 4 nitrogen and oxygen atoms in total. The summed E-state index contributed by atoms with van der Waals surface area (Å²) in [6, 6.07) is 5.71. The molecule has 0 saturated heterocycles. The number of nitrogens with two attached hydrogens (primary N) is 1. The normalized spacial score (nSPS) is 10.8. The molecule has 90 valence electrons. The molecule has 0 radical (unpaired) electrons. The van der Waals surface area contributed by atoms with Crippen LogP contribution in [0.3, 0.4) is 0 Å². The topological polar surface area (TPSA) is 53.1 Å². The zero-order valence-corrected chi connectivity index (χ0v) is 11.9. The Morgan fingerprint density at radius 2 is 2.18 bits per heavy atom. The van der Waals surface area contributed by atoms with Crippen molar-refractivity contribution in [2.24, 2.45) is 0 Å². The van der Waals surface area contributed by atoms with Gasteiger partial charge in [-0.2, -0.15) is 5.10 Å². The van der Waals surface area contributed by atoms with E-state index in [0.29, 0.717) is 11.4 Å². The SMILES string of the molecule is CC(C)Oc1cccc(-n2cc(I)cn2)c1N. The molecule has 0 aliphatic heterocycles. The molecule has 0 aliphatic carbocycles. The Morgan fingerprint density at radius 3 is 2.76 bits per heavy atom. The van der Waals surface area contributed by atoms with E-state index in [1.807, 2.05) is 38.2 Å². The van der Waals surface area contributed by atoms with Crippen molar-refractivity contribution in [3.63, 3.8) is 0 Å². The van der Waals surface area contributed by atoms with E-state index in [-0.39, 0.29) is 6.10 Å². The van der Waals surface area contributed by atoms with E-state index in [4.69, 9.17) is 10.5 Å². The number of nitrogens with zero attached hydrogens (tertiary/aromatic N) is 2. The number of nitrogen functional groups attached to an aromatic ring is 1. The van der Waals surface area contributed by atoms with E-state index in [2.05, 4.69) is 27.7 Å². The highest BCUT2D eigenvalue weighted by atomic mass is 127. The fraction of sp³-hybridized carbons (Fsp3) is 0.250. The van der Waals surface area contributed by atoms with Crippen molar-refractivity contribution in [1.82, 2.24) is 9.78 Å². The van der Waals surface area contributed by atoms with Crippen molar-refractivity contribution in [3.05, 3.63) is 34.2 Å². The molecule has 1 aromatic carbocycles. The van der Waals surface area contributed by atoms with Crippen molar-refractivity contribution < 1.29 is 4.74 Å². The number of hydrogen-bond donors (Lipinski definition) is 1. The number of rotatable bonds is 3. The molecular formula is C12H14IN3O. The second kappa shape index (κ2) is 4.95. The molecule has 2 rings (SSSR count). The first-order chi connectivity index (χ1) is 8.08. The van der Waals surface area contributed by atoms with Crippen molar-refractivity contribution in [1.29, 1.82) is 0 Å². The van der Waals surface area contributed by atoms with Gasteiger partial charge in [0.05, 0.1) is 21.6 Å². The van der Waals surface area contributed by atoms with E-state index in [1.54, 1.807) is 10.9 Å². The number of para-hydroxylation sites is 1. The van der Waals surface area contributed by atoms with Crippen LogP contribution in [-0.2, 0) is 0 Å². The lowest BCUT2D eigenvalue weighted by Crippen LogP contribution is -2.09. The van der Waals surface area contributed by atoms with Gasteiger partial charge in [0.25, 0.3) is 0 Å². The Hall–Kier alpha value is -1.24. The summed E-state index contributed by atoms with van der Waals surface area (Å²) >= 11 is 2.21. The highest BCUT2D eigenvalue weighted by molar-refractivity contribution is 14.1. The van der Waals surface area contributed by atoms with Crippen LogP contribution in [0.1, 0.15) is 13.8 Å². The first kappa shape index (κ1) is 12.2. The molecular weight excluding hydrogens is 329 g/mol. The molecule has 0 bridgehead atoms. The summed E-state index contributed by atoms with van der Waals surface area (Å²) in [5.41, 5.74) is 7.54. The Balaban J connectivity index is 2.42. The molecule has 0 amide bonds. The second-order valence-corrected chi connectivity index (χ2v) is 5.20. The maximum Gasteiger partial charge on any atom is 0.144 e. The number of halogens is 1. The summed E-state index contributed by atoms with van der Waals surface area (Å²) in [5, 5.41) is 4.24. The first-order valence-electron chi connectivity index (χ1n) is 5.33. The maximum absolute atomic E-state index is 6.08. The van der Waals surface area contributed by atoms with Gasteiger partial charge in [0.2, 0.25) is 0 Å². The number of ether oxygens (including phenoxy) is 1. The third kappa shape index (κ3) is 2.71. The predicted octanol–water partition coefficient (Wildman–Crippen LogP) is 2.85. The van der Waals surface area contributed by atoms with Crippen LogP contribution in [0.5, 0.6) is 5.75 Å². The molecule has 1 aromatic heterocycles. The molecule has 0 spiro atoms. The average molecular weight is 343 g/mol. The smallest absolute Gasteiger partial charge is 0.144 e. The van der Waals surface area contributed by atoms with Gasteiger partial charge in [-0.05, 0) is 48.6 Å². The third-order valence-electron chi connectivity index (χ3n) is 2.20. The van der Waals surface area contributed by atoms with Crippen LogP contribution in [0.25, 0.3) is 5.69 Å². The van der Waals surface area contributed by atoms with Crippen LogP contribution < -0.4 is 10.5 Å². The van der Waals surface area contributed by atoms with Gasteiger partial charge in [-0.15, -0.1) is 0 Å². The van der Waals surface area contributed by atoms with Gasteiger partial charge < -0.3 is 10.5 Å². The van der Waals surface area contributed by atoms with Gasteiger partial charge in [0.15, 0.2) is 0 Å². The van der Waals surface area contributed by atoms with E-state index >= 15 is 0 Å². The van der Waals surface area contributed by atoms with Gasteiger partial charge in [0.1, 0.15) is 11.4 Å². The van der Waals surface area contributed by atoms with Gasteiger partial charge in [-0.1, -0.05) is 6.07 Å². The van der Waals surface area contributed by atoms with Crippen LogP contribution in [-0.4, -0.2) is 15.9 Å². The lowest BCUT2D eigenvalue weighted by molar-refractivity contribution is 0.244. The Bertz CT molecular complexity index is 522. The van der Waals surface area contributed by atoms with Crippen LogP contribution in [0.2, 0.25) is 0 Å². The van der Waals surface area contributed by atoms with Crippen molar-refractivity contribution in [2.45, 2.75) is 20.0 Å². The van der Waals surface area contributed by atoms with E-state index in [9.17, 15) is 0 Å². The number of hydrogen-bond acceptors (Lipinski definition) is 3. The van der Waals surface area contributed by atoms with Gasteiger partial charge in [-0.25, -0.2) is 4.68 Å². The van der Waals surface area contributed by atoms with Crippen molar-refractivity contribution >= 4 is 28.3 Å². The fourth-order valence-electron chi connectivity index (χ4n) is 1.52. The Morgan fingerprint density at radius 1 is 1.41 bits per heavy atom. The molecule has 2 N–H and O–H groups in total. The molecule has 0 saturated carbocycles. The summed E-state index contributed by atoms with van der Waals surface area (Å²) < 4.78 is 8.47. The minimum atomic E-state index is 0.102. The maximum atomic E-state index is 6.08. The molecule has 0 atom stereocenters. The predicted molar refractivity (Wildman–Crippen MR) is 76.5 cm³/mol. The largest absolute Gasteiger partial charge is 0.489 e. The summed E-state index contributed by atoms with van der Waals surface area (Å²) in [7, 11) is 0. The summed E-state index contributed by atoms with van der Waals surface area (Å²) in [6.45, 7) is 3.95. The van der Waals surface area contributed by atoms with Gasteiger partial charge >= 0.3 is 0 Å². The van der Waals surface area contributed by atoms with E-state index < -0.39 is 0 Å². The Kier molecular flexibility index (Phi) is 3.56. The number of aromatic nitrogens is 2. The fourth-order valence-corrected chi connectivity index (χ4v) is 1.91. The van der Waals surface area contributed by atoms with Crippen molar-refractivity contribution in [2.75, 3.05) is 5.73 Å². The lowest BCUT2D eigenvalue weighted by atomic mass is 10.2. The zero-order valence-electron chi connectivity index (χ0n) is 9.72. The summed E-state index contributed by atoms with van der Waals surface area (Å²) in [5.74, 6) is 0.697. The standard InChI is InChI=1S/C12H14IN3O/c1-8(2)17-11-5-3-4-10(12(11)14)16-7-9(13)6-15-16/h3-8H,14H2,1-2H3. The van der Waals surface area contributed by atoms with E-state index in [1.165, 1.54) is 0 Å². The second-order valence-electron chi connectivity index (χ2n) is 3.96. The summed E-state index contributed by atoms with van der Waals surface area (Å²) in [6.07, 6.45) is 3.81. The van der Waals surface area contributed by atoms with Gasteiger partial charge in [0, 0.05) is 6.20 Å². The van der Waals surface area contributed by atoms with E-state index in [0.717, 1.165) is 9.26 Å². The Labute approximate surface area is 114 Å². The zero-order chi connectivity index (χ0) is 12.4.